The van der Waals surface area contributed by atoms with Gasteiger partial charge in [-0.25, -0.2) is 14.4 Å². The molecule has 3 aromatic rings. The van der Waals surface area contributed by atoms with Crippen molar-refractivity contribution in [3.63, 3.8) is 0 Å². The van der Waals surface area contributed by atoms with Crippen LogP contribution in [0.2, 0.25) is 0 Å². The molecule has 1 atom stereocenters. The highest BCUT2D eigenvalue weighted by Crippen LogP contribution is 2.40. The Morgan fingerprint density at radius 1 is 1.23 bits per heavy atom. The summed E-state index contributed by atoms with van der Waals surface area (Å²) in [4.78, 5) is 23.8. The Hall–Kier alpha value is -1.99. The van der Waals surface area contributed by atoms with Crippen molar-refractivity contribution in [2.75, 3.05) is 5.32 Å². The molecule has 0 saturated carbocycles. The molecule has 1 unspecified atom stereocenters. The predicted octanol–water partition coefficient (Wildman–Crippen LogP) is 4.83. The van der Waals surface area contributed by atoms with E-state index >= 15 is 0 Å². The Kier molecular flexibility index (Phi) is 4.91. The van der Waals surface area contributed by atoms with E-state index in [2.05, 4.69) is 15.3 Å². The van der Waals surface area contributed by atoms with Gasteiger partial charge in [-0.1, -0.05) is 11.8 Å². The summed E-state index contributed by atoms with van der Waals surface area (Å²) in [6.45, 7) is 1.86. The standard InChI is InChI=1S/C19H18FN3OS2/c1-11(17(24)23-13-8-6-12(20)7-9-13)25-18-16-14-4-2-3-5-15(14)26-19(16)22-10-21-18/h6-11H,2-5H2,1H3,(H,23,24). The normalized spacial score (nSPS) is 14.8. The second-order valence-corrected chi connectivity index (χ2v) is 8.74. The van der Waals surface area contributed by atoms with Crippen LogP contribution >= 0.6 is 23.1 Å². The minimum atomic E-state index is -0.323. The van der Waals surface area contributed by atoms with Crippen molar-refractivity contribution in [1.82, 2.24) is 9.97 Å². The molecule has 0 radical (unpaired) electrons. The Balaban J connectivity index is 1.55. The highest BCUT2D eigenvalue weighted by atomic mass is 32.2. The van der Waals surface area contributed by atoms with Crippen LogP contribution in [0.1, 0.15) is 30.2 Å². The third kappa shape index (κ3) is 3.46. The van der Waals surface area contributed by atoms with Gasteiger partial charge in [0, 0.05) is 16.0 Å². The van der Waals surface area contributed by atoms with Gasteiger partial charge in [0.05, 0.1) is 5.25 Å². The average molecular weight is 388 g/mol. The quantitative estimate of drug-likeness (QED) is 0.515. The van der Waals surface area contributed by atoms with Gasteiger partial charge in [-0.05, 0) is 62.4 Å². The maximum Gasteiger partial charge on any atom is 0.237 e. The first-order valence-corrected chi connectivity index (χ1v) is 10.3. The van der Waals surface area contributed by atoms with Gasteiger partial charge in [-0.3, -0.25) is 4.79 Å². The van der Waals surface area contributed by atoms with Gasteiger partial charge < -0.3 is 5.32 Å². The topological polar surface area (TPSA) is 54.9 Å². The van der Waals surface area contributed by atoms with Crippen LogP contribution in [0.5, 0.6) is 0 Å². The van der Waals surface area contributed by atoms with Crippen molar-refractivity contribution in [3.05, 3.63) is 46.9 Å². The zero-order chi connectivity index (χ0) is 18.1. The van der Waals surface area contributed by atoms with E-state index in [1.54, 1.807) is 29.8 Å². The van der Waals surface area contributed by atoms with Gasteiger partial charge in [-0.2, -0.15) is 0 Å². The Bertz CT molecular complexity index is 955. The summed E-state index contributed by atoms with van der Waals surface area (Å²) < 4.78 is 13.0. The van der Waals surface area contributed by atoms with E-state index in [-0.39, 0.29) is 17.0 Å². The number of hydrogen-bond donors (Lipinski definition) is 1. The number of thiophene rings is 1. The summed E-state index contributed by atoms with van der Waals surface area (Å²) in [6.07, 6.45) is 6.18. The third-order valence-electron chi connectivity index (χ3n) is 4.49. The lowest BCUT2D eigenvalue weighted by molar-refractivity contribution is -0.115. The number of carbonyl (C=O) groups excluding carboxylic acids is 1. The zero-order valence-corrected chi connectivity index (χ0v) is 15.9. The smallest absolute Gasteiger partial charge is 0.237 e. The number of thioether (sulfide) groups is 1. The molecular formula is C19H18FN3OS2. The van der Waals surface area contributed by atoms with E-state index in [4.69, 9.17) is 0 Å². The van der Waals surface area contributed by atoms with Crippen LogP contribution in [-0.4, -0.2) is 21.1 Å². The highest BCUT2D eigenvalue weighted by molar-refractivity contribution is 8.00. The number of aromatic nitrogens is 2. The molecule has 1 aliphatic rings. The van der Waals surface area contributed by atoms with Crippen LogP contribution in [0.15, 0.2) is 35.6 Å². The number of benzene rings is 1. The number of halogens is 1. The number of nitrogens with zero attached hydrogens (tertiary/aromatic N) is 2. The summed E-state index contributed by atoms with van der Waals surface area (Å²) in [6, 6.07) is 5.78. The number of nitrogens with one attached hydrogen (secondary N) is 1. The molecule has 1 aromatic carbocycles. The lowest BCUT2D eigenvalue weighted by atomic mass is 9.97. The monoisotopic (exact) mass is 387 g/mol. The molecule has 0 bridgehead atoms. The molecule has 1 aliphatic carbocycles. The summed E-state index contributed by atoms with van der Waals surface area (Å²) in [7, 11) is 0. The lowest BCUT2D eigenvalue weighted by Gasteiger charge is -2.14. The third-order valence-corrected chi connectivity index (χ3v) is 6.79. The van der Waals surface area contributed by atoms with E-state index in [1.165, 1.54) is 47.2 Å². The summed E-state index contributed by atoms with van der Waals surface area (Å²) in [5, 5.41) is 4.50. The number of rotatable bonds is 4. The fourth-order valence-electron chi connectivity index (χ4n) is 3.15. The van der Waals surface area contributed by atoms with Crippen LogP contribution in [-0.2, 0) is 17.6 Å². The highest BCUT2D eigenvalue weighted by Gasteiger charge is 2.23. The molecule has 4 nitrogen and oxygen atoms in total. The van der Waals surface area contributed by atoms with Crippen molar-refractivity contribution in [1.29, 1.82) is 0 Å². The van der Waals surface area contributed by atoms with E-state index in [0.29, 0.717) is 5.69 Å². The largest absolute Gasteiger partial charge is 0.325 e. The summed E-state index contributed by atoms with van der Waals surface area (Å²) >= 11 is 3.20. The second kappa shape index (κ2) is 7.32. The van der Waals surface area contributed by atoms with Crippen molar-refractivity contribution >= 4 is 44.9 Å². The van der Waals surface area contributed by atoms with Gasteiger partial charge in [0.25, 0.3) is 0 Å². The molecule has 2 aromatic heterocycles. The molecule has 26 heavy (non-hydrogen) atoms. The number of amides is 1. The maximum absolute atomic E-state index is 13.0. The molecule has 0 saturated heterocycles. The molecule has 2 heterocycles. The summed E-state index contributed by atoms with van der Waals surface area (Å²) in [5.41, 5.74) is 1.95. The first-order chi connectivity index (χ1) is 12.6. The molecule has 1 N–H and O–H groups in total. The fraction of sp³-hybridized carbons (Fsp3) is 0.316. The molecular weight excluding hydrogens is 369 g/mol. The number of fused-ring (bicyclic) bond motifs is 3. The summed E-state index contributed by atoms with van der Waals surface area (Å²) in [5.74, 6) is -0.450. The van der Waals surface area contributed by atoms with E-state index < -0.39 is 0 Å². The average Bonchev–Trinajstić information content (AvgIpc) is 3.03. The van der Waals surface area contributed by atoms with Gasteiger partial charge in [-0.15, -0.1) is 11.3 Å². The van der Waals surface area contributed by atoms with E-state index in [0.717, 1.165) is 28.1 Å². The number of aryl methyl sites for hydroxylation is 2. The van der Waals surface area contributed by atoms with Crippen molar-refractivity contribution < 1.29 is 9.18 Å². The minimum absolute atomic E-state index is 0.127. The number of carbonyl (C=O) groups is 1. The molecule has 134 valence electrons. The Morgan fingerprint density at radius 3 is 2.81 bits per heavy atom. The van der Waals surface area contributed by atoms with Crippen LogP contribution < -0.4 is 5.32 Å². The molecule has 0 fully saturated rings. The van der Waals surface area contributed by atoms with Gasteiger partial charge in [0.1, 0.15) is 22.0 Å². The van der Waals surface area contributed by atoms with Crippen molar-refractivity contribution in [3.8, 4) is 0 Å². The second-order valence-electron chi connectivity index (χ2n) is 6.33. The van der Waals surface area contributed by atoms with Crippen LogP contribution in [0.3, 0.4) is 0 Å². The van der Waals surface area contributed by atoms with E-state index in [1.807, 2.05) is 6.92 Å². The van der Waals surface area contributed by atoms with Crippen LogP contribution in [0.25, 0.3) is 10.2 Å². The van der Waals surface area contributed by atoms with Crippen LogP contribution in [0.4, 0.5) is 10.1 Å². The Morgan fingerprint density at radius 2 is 2.00 bits per heavy atom. The number of anilines is 1. The van der Waals surface area contributed by atoms with Crippen LogP contribution in [0, 0.1) is 5.82 Å². The molecule has 4 rings (SSSR count). The van der Waals surface area contributed by atoms with Gasteiger partial charge in [0.15, 0.2) is 0 Å². The maximum atomic E-state index is 13.0. The van der Waals surface area contributed by atoms with Crippen molar-refractivity contribution in [2.24, 2.45) is 0 Å². The van der Waals surface area contributed by atoms with Gasteiger partial charge >= 0.3 is 0 Å². The molecule has 0 aliphatic heterocycles. The predicted molar refractivity (Wildman–Crippen MR) is 104 cm³/mol. The molecule has 0 spiro atoms. The first kappa shape index (κ1) is 17.4. The fourth-order valence-corrected chi connectivity index (χ4v) is 5.39. The SMILES string of the molecule is CC(Sc1ncnc2sc3c(c12)CCCC3)C(=O)Nc1ccc(F)cc1. The number of hydrogen-bond acceptors (Lipinski definition) is 5. The lowest BCUT2D eigenvalue weighted by Crippen LogP contribution is -2.22. The zero-order valence-electron chi connectivity index (χ0n) is 14.3. The first-order valence-electron chi connectivity index (χ1n) is 8.60. The van der Waals surface area contributed by atoms with Gasteiger partial charge in [0.2, 0.25) is 5.91 Å². The van der Waals surface area contributed by atoms with Crippen molar-refractivity contribution in [2.45, 2.75) is 42.9 Å². The van der Waals surface area contributed by atoms with E-state index in [9.17, 15) is 9.18 Å². The minimum Gasteiger partial charge on any atom is -0.325 e. The molecule has 1 amide bonds. The molecule has 7 heteroatoms. The Labute approximate surface area is 159 Å².